The predicted molar refractivity (Wildman–Crippen MR) is 107 cm³/mol. The standard InChI is InChI=1S/C22H30FN3O2/c23-18-2-1-11-25(15-18)14-16-9-12-26(13-10-16)19-5-3-17(4-6-19)20-7-8-21(27)24-22(20)28/h3-6,16,18,20H,1-2,7-15H2,(H,24,27,28). The van der Waals surface area contributed by atoms with E-state index >= 15 is 0 Å². The van der Waals surface area contributed by atoms with Crippen LogP contribution in [0.15, 0.2) is 24.3 Å². The minimum atomic E-state index is -0.642. The van der Waals surface area contributed by atoms with E-state index in [1.54, 1.807) is 0 Å². The van der Waals surface area contributed by atoms with Crippen molar-refractivity contribution in [1.29, 1.82) is 0 Å². The number of nitrogens with zero attached hydrogens (tertiary/aromatic N) is 2. The second-order valence-corrected chi connectivity index (χ2v) is 8.52. The molecule has 0 saturated carbocycles. The van der Waals surface area contributed by atoms with Crippen LogP contribution in [-0.4, -0.2) is 55.6 Å². The highest BCUT2D eigenvalue weighted by Crippen LogP contribution is 2.29. The predicted octanol–water partition coefficient (Wildman–Crippen LogP) is 2.86. The Morgan fingerprint density at radius 1 is 1.00 bits per heavy atom. The van der Waals surface area contributed by atoms with Gasteiger partial charge < -0.3 is 9.80 Å². The lowest BCUT2D eigenvalue weighted by Gasteiger charge is -2.37. The van der Waals surface area contributed by atoms with Crippen molar-refractivity contribution in [3.8, 4) is 0 Å². The minimum Gasteiger partial charge on any atom is -0.372 e. The Balaban J connectivity index is 1.29. The highest BCUT2D eigenvalue weighted by atomic mass is 19.1. The third-order valence-corrected chi connectivity index (χ3v) is 6.48. The summed E-state index contributed by atoms with van der Waals surface area (Å²) in [6, 6.07) is 8.24. The summed E-state index contributed by atoms with van der Waals surface area (Å²) in [7, 11) is 0. The fourth-order valence-electron chi connectivity index (χ4n) is 4.83. The Bertz CT molecular complexity index is 700. The molecule has 3 saturated heterocycles. The third kappa shape index (κ3) is 4.54. The van der Waals surface area contributed by atoms with Crippen molar-refractivity contribution in [3.63, 3.8) is 0 Å². The average Bonchev–Trinajstić information content (AvgIpc) is 2.69. The Hall–Kier alpha value is -1.95. The van der Waals surface area contributed by atoms with E-state index in [4.69, 9.17) is 0 Å². The molecule has 3 aliphatic heterocycles. The topological polar surface area (TPSA) is 52.7 Å². The molecule has 0 aromatic heterocycles. The van der Waals surface area contributed by atoms with Gasteiger partial charge in [-0.1, -0.05) is 12.1 Å². The molecular formula is C22H30FN3O2. The number of rotatable bonds is 4. The first-order valence-electron chi connectivity index (χ1n) is 10.6. The average molecular weight is 387 g/mol. The number of nitrogens with one attached hydrogen (secondary N) is 1. The summed E-state index contributed by atoms with van der Waals surface area (Å²) in [6.45, 7) is 4.73. The lowest BCUT2D eigenvalue weighted by molar-refractivity contribution is -0.134. The lowest BCUT2D eigenvalue weighted by atomic mass is 9.90. The van der Waals surface area contributed by atoms with Crippen LogP contribution in [0.25, 0.3) is 0 Å². The molecule has 5 nitrogen and oxygen atoms in total. The molecule has 0 spiro atoms. The smallest absolute Gasteiger partial charge is 0.234 e. The van der Waals surface area contributed by atoms with Crippen LogP contribution in [0, 0.1) is 5.92 Å². The number of halogens is 1. The summed E-state index contributed by atoms with van der Waals surface area (Å²) in [6.07, 6.45) is 4.35. The van der Waals surface area contributed by atoms with Crippen LogP contribution in [0.1, 0.15) is 50.0 Å². The van der Waals surface area contributed by atoms with Crippen LogP contribution < -0.4 is 10.2 Å². The Kier molecular flexibility index (Phi) is 5.95. The summed E-state index contributed by atoms with van der Waals surface area (Å²) >= 11 is 0. The molecule has 152 valence electrons. The van der Waals surface area contributed by atoms with Gasteiger partial charge in [-0.3, -0.25) is 14.9 Å². The van der Waals surface area contributed by atoms with Gasteiger partial charge >= 0.3 is 0 Å². The first-order chi connectivity index (χ1) is 13.6. The molecule has 3 aliphatic rings. The molecule has 6 heteroatoms. The number of imide groups is 1. The molecule has 2 atom stereocenters. The fourth-order valence-corrected chi connectivity index (χ4v) is 4.83. The fraction of sp³-hybridized carbons (Fsp3) is 0.636. The second-order valence-electron chi connectivity index (χ2n) is 8.52. The van der Waals surface area contributed by atoms with Gasteiger partial charge in [0.1, 0.15) is 6.17 Å². The number of carbonyl (C=O) groups is 2. The summed E-state index contributed by atoms with van der Waals surface area (Å²) in [5.74, 6) is 0.0797. The van der Waals surface area contributed by atoms with Crippen molar-refractivity contribution in [2.75, 3.05) is 37.6 Å². The Morgan fingerprint density at radius 2 is 1.75 bits per heavy atom. The summed E-state index contributed by atoms with van der Waals surface area (Å²) in [5.41, 5.74) is 2.17. The summed E-state index contributed by atoms with van der Waals surface area (Å²) < 4.78 is 13.6. The van der Waals surface area contributed by atoms with Crippen LogP contribution in [0.2, 0.25) is 0 Å². The van der Waals surface area contributed by atoms with E-state index in [1.165, 1.54) is 5.69 Å². The van der Waals surface area contributed by atoms with Gasteiger partial charge in [-0.25, -0.2) is 4.39 Å². The maximum Gasteiger partial charge on any atom is 0.234 e. The van der Waals surface area contributed by atoms with Crippen molar-refractivity contribution in [3.05, 3.63) is 29.8 Å². The van der Waals surface area contributed by atoms with E-state index in [0.717, 1.165) is 57.4 Å². The molecule has 3 fully saturated rings. The number of carbonyl (C=O) groups excluding carboxylic acids is 2. The van der Waals surface area contributed by atoms with Crippen molar-refractivity contribution >= 4 is 17.5 Å². The number of likely N-dealkylation sites (tertiary alicyclic amines) is 1. The van der Waals surface area contributed by atoms with Crippen LogP contribution in [-0.2, 0) is 9.59 Å². The van der Waals surface area contributed by atoms with Gasteiger partial charge in [0.2, 0.25) is 11.8 Å². The Labute approximate surface area is 166 Å². The molecule has 4 rings (SSSR count). The van der Waals surface area contributed by atoms with Gasteiger partial charge in [0.05, 0.1) is 5.92 Å². The van der Waals surface area contributed by atoms with Crippen LogP contribution >= 0.6 is 0 Å². The van der Waals surface area contributed by atoms with Crippen LogP contribution in [0.3, 0.4) is 0 Å². The molecule has 2 unspecified atom stereocenters. The minimum absolute atomic E-state index is 0.174. The van der Waals surface area contributed by atoms with Crippen molar-refractivity contribution in [2.45, 2.75) is 50.6 Å². The van der Waals surface area contributed by atoms with E-state index < -0.39 is 6.17 Å². The first kappa shape index (κ1) is 19.4. The van der Waals surface area contributed by atoms with Crippen molar-refractivity contribution < 1.29 is 14.0 Å². The molecule has 1 aromatic rings. The largest absolute Gasteiger partial charge is 0.372 e. The zero-order chi connectivity index (χ0) is 19.5. The highest BCUT2D eigenvalue weighted by Gasteiger charge is 2.28. The number of anilines is 1. The van der Waals surface area contributed by atoms with Crippen molar-refractivity contribution in [1.82, 2.24) is 10.2 Å². The maximum absolute atomic E-state index is 13.6. The van der Waals surface area contributed by atoms with Gasteiger partial charge in [0.15, 0.2) is 0 Å². The van der Waals surface area contributed by atoms with E-state index in [9.17, 15) is 14.0 Å². The molecule has 28 heavy (non-hydrogen) atoms. The van der Waals surface area contributed by atoms with Crippen LogP contribution in [0.5, 0.6) is 0 Å². The van der Waals surface area contributed by atoms with Gasteiger partial charge in [-0.05, 0) is 62.3 Å². The quantitative estimate of drug-likeness (QED) is 0.808. The third-order valence-electron chi connectivity index (χ3n) is 6.48. The van der Waals surface area contributed by atoms with Gasteiger partial charge in [-0.15, -0.1) is 0 Å². The number of hydrogen-bond donors (Lipinski definition) is 1. The van der Waals surface area contributed by atoms with E-state index in [1.807, 2.05) is 12.1 Å². The molecule has 0 aliphatic carbocycles. The molecule has 3 heterocycles. The van der Waals surface area contributed by atoms with E-state index in [2.05, 4.69) is 27.2 Å². The zero-order valence-corrected chi connectivity index (χ0v) is 16.4. The van der Waals surface area contributed by atoms with E-state index in [-0.39, 0.29) is 17.7 Å². The molecule has 1 aromatic carbocycles. The SMILES string of the molecule is O=C1CCC(c2ccc(N3CCC(CN4CCCC(F)C4)CC3)cc2)C(=O)N1. The zero-order valence-electron chi connectivity index (χ0n) is 16.4. The molecule has 0 radical (unpaired) electrons. The van der Waals surface area contributed by atoms with E-state index in [0.29, 0.717) is 25.3 Å². The Morgan fingerprint density at radius 3 is 2.43 bits per heavy atom. The lowest BCUT2D eigenvalue weighted by Crippen LogP contribution is -2.43. The van der Waals surface area contributed by atoms with Gasteiger partial charge in [-0.2, -0.15) is 0 Å². The van der Waals surface area contributed by atoms with Gasteiger partial charge in [0, 0.05) is 38.3 Å². The number of alkyl halides is 1. The second kappa shape index (κ2) is 8.60. The van der Waals surface area contributed by atoms with Crippen molar-refractivity contribution in [2.24, 2.45) is 5.92 Å². The normalized spacial score (nSPS) is 27.7. The highest BCUT2D eigenvalue weighted by molar-refractivity contribution is 6.00. The molecule has 0 bridgehead atoms. The maximum atomic E-state index is 13.6. The first-order valence-corrected chi connectivity index (χ1v) is 10.6. The van der Waals surface area contributed by atoms with Crippen LogP contribution in [0.4, 0.5) is 10.1 Å². The molecule has 1 N–H and O–H groups in total. The number of benzene rings is 1. The monoisotopic (exact) mass is 387 g/mol. The summed E-state index contributed by atoms with van der Waals surface area (Å²) in [4.78, 5) is 28.1. The van der Waals surface area contributed by atoms with Gasteiger partial charge in [0.25, 0.3) is 0 Å². The number of hydrogen-bond acceptors (Lipinski definition) is 4. The number of piperidine rings is 3. The summed E-state index contributed by atoms with van der Waals surface area (Å²) in [5, 5.41) is 2.43. The molecule has 2 amide bonds. The number of amides is 2. The molecular weight excluding hydrogens is 357 g/mol.